The number of hydrogen-bond acceptors (Lipinski definition) is 3. The molecule has 0 bridgehead atoms. The Bertz CT molecular complexity index is 212. The molecule has 0 spiro atoms. The first-order valence-electron chi connectivity index (χ1n) is 4.02. The van der Waals surface area contributed by atoms with Crippen molar-refractivity contribution in [3.05, 3.63) is 0 Å². The number of amides is 1. The summed E-state index contributed by atoms with van der Waals surface area (Å²) >= 11 is 0. The van der Waals surface area contributed by atoms with Crippen LogP contribution in [0.5, 0.6) is 0 Å². The number of carbonyl (C=O) groups is 2. The number of aliphatic hydroxyl groups excluding tert-OH is 1. The largest absolute Gasteiger partial charge is 0.383 e. The van der Waals surface area contributed by atoms with Crippen LogP contribution in [-0.2, 0) is 9.59 Å². The molecule has 1 saturated heterocycles. The van der Waals surface area contributed by atoms with Crippen molar-refractivity contribution in [2.45, 2.75) is 20.0 Å². The molecule has 0 aliphatic carbocycles. The molecule has 0 aromatic carbocycles. The molecule has 4 nitrogen and oxygen atoms in total. The number of β-amino-alcohol motifs (C(OH)–C–C–N with tert-alkyl or cyclic N) is 1. The van der Waals surface area contributed by atoms with Crippen LogP contribution >= 0.6 is 0 Å². The van der Waals surface area contributed by atoms with Crippen molar-refractivity contribution in [1.29, 1.82) is 0 Å². The lowest BCUT2D eigenvalue weighted by molar-refractivity contribution is -0.134. The molecule has 1 aliphatic rings. The third-order valence-electron chi connectivity index (χ3n) is 1.92. The summed E-state index contributed by atoms with van der Waals surface area (Å²) in [5, 5.41) is 9.06. The van der Waals surface area contributed by atoms with E-state index in [-0.39, 0.29) is 30.7 Å². The van der Waals surface area contributed by atoms with Crippen molar-refractivity contribution in [3.8, 4) is 0 Å². The number of carbonyl (C=O) groups excluding carboxylic acids is 2. The van der Waals surface area contributed by atoms with Crippen molar-refractivity contribution >= 4 is 11.7 Å². The fourth-order valence-electron chi connectivity index (χ4n) is 1.20. The molecule has 1 rings (SSSR count). The van der Waals surface area contributed by atoms with Gasteiger partial charge in [0.15, 0.2) is 5.78 Å². The highest BCUT2D eigenvalue weighted by Crippen LogP contribution is 2.09. The Labute approximate surface area is 71.2 Å². The lowest BCUT2D eigenvalue weighted by Gasteiger charge is -2.16. The van der Waals surface area contributed by atoms with E-state index in [1.165, 1.54) is 4.90 Å². The van der Waals surface area contributed by atoms with Crippen LogP contribution < -0.4 is 0 Å². The van der Waals surface area contributed by atoms with Gasteiger partial charge < -0.3 is 10.0 Å². The number of rotatable bonds is 1. The van der Waals surface area contributed by atoms with Gasteiger partial charge >= 0.3 is 0 Å². The molecule has 68 valence electrons. The number of likely N-dealkylation sites (tertiary alicyclic amines) is 1. The third kappa shape index (κ3) is 1.64. The molecule has 0 radical (unpaired) electrons. The summed E-state index contributed by atoms with van der Waals surface area (Å²) in [6.45, 7) is 3.78. The summed E-state index contributed by atoms with van der Waals surface area (Å²) in [6, 6.07) is 0. The van der Waals surface area contributed by atoms with E-state index in [0.717, 1.165) is 0 Å². The maximum absolute atomic E-state index is 11.3. The fourth-order valence-corrected chi connectivity index (χ4v) is 1.20. The Morgan fingerprint density at radius 2 is 2.25 bits per heavy atom. The summed E-state index contributed by atoms with van der Waals surface area (Å²) < 4.78 is 0. The van der Waals surface area contributed by atoms with Gasteiger partial charge in [-0.15, -0.1) is 0 Å². The highest BCUT2D eigenvalue weighted by molar-refractivity contribution is 5.92. The van der Waals surface area contributed by atoms with Crippen LogP contribution in [0.1, 0.15) is 13.8 Å². The van der Waals surface area contributed by atoms with Crippen LogP contribution in [0.25, 0.3) is 0 Å². The molecule has 0 aromatic rings. The van der Waals surface area contributed by atoms with Gasteiger partial charge in [0.25, 0.3) is 0 Å². The number of nitrogens with zero attached hydrogens (tertiary/aromatic N) is 1. The van der Waals surface area contributed by atoms with Gasteiger partial charge in [0.05, 0.1) is 13.1 Å². The average Bonchev–Trinajstić information content (AvgIpc) is 2.30. The minimum absolute atomic E-state index is 0.0676. The van der Waals surface area contributed by atoms with Gasteiger partial charge in [-0.2, -0.15) is 0 Å². The van der Waals surface area contributed by atoms with Crippen molar-refractivity contribution in [3.63, 3.8) is 0 Å². The standard InChI is InChI=1S/C8H13NO3/c1-5(2)8(12)9-3-6(10)7(11)4-9/h5-6,10H,3-4H2,1-2H3/t6-/m0/s1. The monoisotopic (exact) mass is 171 g/mol. The topological polar surface area (TPSA) is 57.6 Å². The van der Waals surface area contributed by atoms with Crippen LogP contribution in [-0.4, -0.2) is 40.9 Å². The molecule has 4 heteroatoms. The molecule has 1 fully saturated rings. The number of Topliss-reactive ketones (excluding diaryl/α,β-unsaturated/α-hetero) is 1. The molecule has 1 amide bonds. The molecule has 12 heavy (non-hydrogen) atoms. The second-order valence-corrected chi connectivity index (χ2v) is 3.36. The van der Waals surface area contributed by atoms with E-state index >= 15 is 0 Å². The molecule has 0 saturated carbocycles. The van der Waals surface area contributed by atoms with Gasteiger partial charge in [-0.1, -0.05) is 13.8 Å². The van der Waals surface area contributed by atoms with Crippen LogP contribution in [0, 0.1) is 5.92 Å². The van der Waals surface area contributed by atoms with E-state index in [9.17, 15) is 9.59 Å². The lowest BCUT2D eigenvalue weighted by Crippen LogP contribution is -2.32. The first-order valence-corrected chi connectivity index (χ1v) is 4.02. The molecule has 1 aliphatic heterocycles. The summed E-state index contributed by atoms with van der Waals surface area (Å²) in [5.41, 5.74) is 0. The number of ketones is 1. The molecule has 1 heterocycles. The van der Waals surface area contributed by atoms with E-state index in [0.29, 0.717) is 0 Å². The van der Waals surface area contributed by atoms with Crippen molar-refractivity contribution in [1.82, 2.24) is 4.90 Å². The summed E-state index contributed by atoms with van der Waals surface area (Å²) in [6.07, 6.45) is -0.965. The Hall–Kier alpha value is -0.900. The Morgan fingerprint density at radius 1 is 1.67 bits per heavy atom. The quantitative estimate of drug-likeness (QED) is 0.574. The molecule has 1 atom stereocenters. The first kappa shape index (κ1) is 9.19. The van der Waals surface area contributed by atoms with E-state index in [1.54, 1.807) is 13.8 Å². The summed E-state index contributed by atoms with van der Waals surface area (Å²) in [4.78, 5) is 23.6. The van der Waals surface area contributed by atoms with Crippen LogP contribution in [0.3, 0.4) is 0 Å². The van der Waals surface area contributed by atoms with Gasteiger partial charge in [-0.3, -0.25) is 9.59 Å². The predicted octanol–water partition coefficient (Wildman–Crippen LogP) is -0.585. The van der Waals surface area contributed by atoms with E-state index in [2.05, 4.69) is 0 Å². The van der Waals surface area contributed by atoms with Crippen LogP contribution in [0.2, 0.25) is 0 Å². The summed E-state index contributed by atoms with van der Waals surface area (Å²) in [5.74, 6) is -0.438. The second-order valence-electron chi connectivity index (χ2n) is 3.36. The zero-order valence-corrected chi connectivity index (χ0v) is 7.28. The number of hydrogen-bond donors (Lipinski definition) is 1. The molecular weight excluding hydrogens is 158 g/mol. The Morgan fingerprint density at radius 3 is 2.58 bits per heavy atom. The van der Waals surface area contributed by atoms with Crippen LogP contribution in [0.15, 0.2) is 0 Å². The fraction of sp³-hybridized carbons (Fsp3) is 0.750. The lowest BCUT2D eigenvalue weighted by atomic mass is 10.2. The van der Waals surface area contributed by atoms with Gasteiger partial charge in [0.1, 0.15) is 6.10 Å². The molecule has 0 aromatic heterocycles. The Kier molecular flexibility index (Phi) is 2.47. The SMILES string of the molecule is CC(C)C(=O)N1CC(=O)[C@@H](O)C1. The van der Waals surface area contributed by atoms with E-state index in [1.807, 2.05) is 0 Å². The molecule has 0 unspecified atom stereocenters. The van der Waals surface area contributed by atoms with Gasteiger partial charge in [-0.25, -0.2) is 0 Å². The Balaban J connectivity index is 2.57. The highest BCUT2D eigenvalue weighted by atomic mass is 16.3. The van der Waals surface area contributed by atoms with Gasteiger partial charge in [0.2, 0.25) is 5.91 Å². The second kappa shape index (κ2) is 3.23. The van der Waals surface area contributed by atoms with Gasteiger partial charge in [0, 0.05) is 5.92 Å². The van der Waals surface area contributed by atoms with Crippen molar-refractivity contribution in [2.24, 2.45) is 5.92 Å². The van der Waals surface area contributed by atoms with Crippen LogP contribution in [0.4, 0.5) is 0 Å². The third-order valence-corrected chi connectivity index (χ3v) is 1.92. The van der Waals surface area contributed by atoms with Crippen molar-refractivity contribution in [2.75, 3.05) is 13.1 Å². The normalized spacial score (nSPS) is 23.8. The smallest absolute Gasteiger partial charge is 0.225 e. The predicted molar refractivity (Wildman–Crippen MR) is 42.4 cm³/mol. The van der Waals surface area contributed by atoms with Gasteiger partial charge in [-0.05, 0) is 0 Å². The van der Waals surface area contributed by atoms with E-state index < -0.39 is 6.10 Å². The molecule has 1 N–H and O–H groups in total. The minimum Gasteiger partial charge on any atom is -0.383 e. The van der Waals surface area contributed by atoms with E-state index in [4.69, 9.17) is 5.11 Å². The zero-order valence-electron chi connectivity index (χ0n) is 7.28. The van der Waals surface area contributed by atoms with Crippen molar-refractivity contribution < 1.29 is 14.7 Å². The number of aliphatic hydroxyl groups is 1. The summed E-state index contributed by atoms with van der Waals surface area (Å²) in [7, 11) is 0. The minimum atomic E-state index is -0.965. The zero-order chi connectivity index (χ0) is 9.30. The average molecular weight is 171 g/mol. The molecular formula is C8H13NO3. The highest BCUT2D eigenvalue weighted by Gasteiger charge is 2.32. The maximum atomic E-state index is 11.3. The maximum Gasteiger partial charge on any atom is 0.225 e. The first-order chi connectivity index (χ1) is 5.52.